The molecule has 0 N–H and O–H groups in total. The summed E-state index contributed by atoms with van der Waals surface area (Å²) in [5.74, 6) is -0.785. The van der Waals surface area contributed by atoms with Gasteiger partial charge in [-0.15, -0.1) is 0 Å². The molecule has 5 nitrogen and oxygen atoms in total. The summed E-state index contributed by atoms with van der Waals surface area (Å²) in [6, 6.07) is 7.29. The van der Waals surface area contributed by atoms with Crippen molar-refractivity contribution in [1.29, 1.82) is 0 Å². The Balaban J connectivity index is 1.52. The predicted molar refractivity (Wildman–Crippen MR) is 81.2 cm³/mol. The van der Waals surface area contributed by atoms with Crippen molar-refractivity contribution in [1.82, 2.24) is 4.98 Å². The highest BCUT2D eigenvalue weighted by atomic mass is 35.5. The maximum Gasteiger partial charge on any atom is 0.374 e. The van der Waals surface area contributed by atoms with Gasteiger partial charge in [0.15, 0.2) is 0 Å². The van der Waals surface area contributed by atoms with Gasteiger partial charge in [0.2, 0.25) is 5.76 Å². The first-order chi connectivity index (χ1) is 11.1. The van der Waals surface area contributed by atoms with Crippen LogP contribution in [-0.4, -0.2) is 24.2 Å². The number of carbonyl (C=O) groups excluding carboxylic acids is 1. The third-order valence-electron chi connectivity index (χ3n) is 2.99. The van der Waals surface area contributed by atoms with Crippen LogP contribution in [0.25, 0.3) is 11.0 Å². The van der Waals surface area contributed by atoms with Crippen molar-refractivity contribution in [2.75, 3.05) is 13.2 Å². The minimum absolute atomic E-state index is 0.00161. The van der Waals surface area contributed by atoms with Crippen LogP contribution in [-0.2, 0) is 4.74 Å². The molecule has 0 amide bonds. The fourth-order valence-corrected chi connectivity index (χ4v) is 2.03. The second-order valence-corrected chi connectivity index (χ2v) is 4.99. The molecule has 0 fully saturated rings. The van der Waals surface area contributed by atoms with Crippen molar-refractivity contribution in [3.63, 3.8) is 0 Å². The fraction of sp³-hybridized carbons (Fsp3) is 0.125. The molecule has 3 aromatic rings. The number of rotatable bonds is 5. The molecule has 0 radical (unpaired) electrons. The lowest BCUT2D eigenvalue weighted by Crippen LogP contribution is -2.11. The second kappa shape index (κ2) is 6.66. The summed E-state index contributed by atoms with van der Waals surface area (Å²) in [7, 11) is 0. The Morgan fingerprint density at radius 3 is 2.91 bits per heavy atom. The average molecular weight is 336 g/mol. The van der Waals surface area contributed by atoms with Gasteiger partial charge in [-0.1, -0.05) is 11.6 Å². The largest absolute Gasteiger partial charge is 0.490 e. The maximum absolute atomic E-state index is 13.2. The quantitative estimate of drug-likeness (QED) is 0.523. The number of fused-ring (bicyclic) bond motifs is 1. The van der Waals surface area contributed by atoms with Gasteiger partial charge in [0.25, 0.3) is 0 Å². The van der Waals surface area contributed by atoms with Crippen molar-refractivity contribution in [3.05, 3.63) is 59.3 Å². The minimum Gasteiger partial charge on any atom is -0.490 e. The molecule has 0 unspecified atom stereocenters. The van der Waals surface area contributed by atoms with Crippen LogP contribution < -0.4 is 4.74 Å². The van der Waals surface area contributed by atoms with Gasteiger partial charge in [-0.05, 0) is 18.2 Å². The minimum atomic E-state index is -0.605. The number of benzene rings is 1. The number of hydrogen-bond acceptors (Lipinski definition) is 5. The molecular weight excluding hydrogens is 325 g/mol. The molecule has 0 spiro atoms. The summed E-state index contributed by atoms with van der Waals surface area (Å²) in [5, 5.41) is 0.732. The lowest BCUT2D eigenvalue weighted by atomic mass is 10.3. The molecule has 0 bridgehead atoms. The zero-order chi connectivity index (χ0) is 16.2. The first-order valence-corrected chi connectivity index (χ1v) is 7.10. The van der Waals surface area contributed by atoms with E-state index in [1.165, 1.54) is 12.1 Å². The van der Waals surface area contributed by atoms with Crippen LogP contribution >= 0.6 is 11.6 Å². The Morgan fingerprint density at radius 2 is 2.13 bits per heavy atom. The Morgan fingerprint density at radius 1 is 1.26 bits per heavy atom. The summed E-state index contributed by atoms with van der Waals surface area (Å²) in [6.07, 6.45) is 3.16. The SMILES string of the molecule is O=C(OCCOc1ccc(Cl)c(F)c1)c1cc2cnccc2o1. The monoisotopic (exact) mass is 335 g/mol. The van der Waals surface area contributed by atoms with Crippen LogP contribution in [0.3, 0.4) is 0 Å². The Kier molecular flexibility index (Phi) is 4.43. The summed E-state index contributed by atoms with van der Waals surface area (Å²) < 4.78 is 28.9. The lowest BCUT2D eigenvalue weighted by molar-refractivity contribution is 0.0417. The molecule has 0 aliphatic rings. The van der Waals surface area contributed by atoms with E-state index < -0.39 is 11.8 Å². The molecule has 2 heterocycles. The molecule has 0 aliphatic carbocycles. The zero-order valence-corrected chi connectivity index (χ0v) is 12.5. The van der Waals surface area contributed by atoms with Crippen LogP contribution in [0.4, 0.5) is 4.39 Å². The first kappa shape index (κ1) is 15.3. The van der Waals surface area contributed by atoms with Gasteiger partial charge in [0.05, 0.1) is 5.02 Å². The molecule has 7 heteroatoms. The van der Waals surface area contributed by atoms with E-state index in [9.17, 15) is 9.18 Å². The summed E-state index contributed by atoms with van der Waals surface area (Å²) in [4.78, 5) is 15.8. The smallest absolute Gasteiger partial charge is 0.374 e. The number of halogens is 2. The molecular formula is C16H11ClFNO4. The number of furan rings is 1. The van der Waals surface area contributed by atoms with E-state index in [1.54, 1.807) is 24.5 Å². The molecule has 0 atom stereocenters. The predicted octanol–water partition coefficient (Wildman–Crippen LogP) is 3.86. The molecule has 1 aromatic carbocycles. The van der Waals surface area contributed by atoms with Gasteiger partial charge in [-0.25, -0.2) is 9.18 Å². The standard InChI is InChI=1S/C16H11ClFNO4/c17-12-2-1-11(8-13(12)18)21-5-6-22-16(20)15-7-10-9-19-4-3-14(10)23-15/h1-4,7-9H,5-6H2. The molecule has 118 valence electrons. The van der Waals surface area contributed by atoms with E-state index in [4.69, 9.17) is 25.5 Å². The van der Waals surface area contributed by atoms with E-state index in [0.29, 0.717) is 16.7 Å². The molecule has 3 rings (SSSR count). The van der Waals surface area contributed by atoms with Gasteiger partial charge in [-0.2, -0.15) is 0 Å². The molecule has 0 saturated heterocycles. The first-order valence-electron chi connectivity index (χ1n) is 6.72. The third kappa shape index (κ3) is 3.60. The number of carbonyl (C=O) groups is 1. The highest BCUT2D eigenvalue weighted by molar-refractivity contribution is 6.30. The van der Waals surface area contributed by atoms with E-state index in [-0.39, 0.29) is 24.0 Å². The van der Waals surface area contributed by atoms with Gasteiger partial charge >= 0.3 is 5.97 Å². The fourth-order valence-electron chi connectivity index (χ4n) is 1.92. The van der Waals surface area contributed by atoms with E-state index in [0.717, 1.165) is 6.07 Å². The van der Waals surface area contributed by atoms with Gasteiger partial charge in [0.1, 0.15) is 30.4 Å². The molecule has 2 aromatic heterocycles. The van der Waals surface area contributed by atoms with Gasteiger partial charge < -0.3 is 13.9 Å². The topological polar surface area (TPSA) is 61.6 Å². The van der Waals surface area contributed by atoms with Gasteiger partial charge in [0, 0.05) is 29.9 Å². The van der Waals surface area contributed by atoms with Crippen molar-refractivity contribution in [2.24, 2.45) is 0 Å². The highest BCUT2D eigenvalue weighted by Crippen LogP contribution is 2.20. The molecule has 0 aliphatic heterocycles. The number of aromatic nitrogens is 1. The van der Waals surface area contributed by atoms with Gasteiger partial charge in [-0.3, -0.25) is 4.98 Å². The second-order valence-electron chi connectivity index (χ2n) is 4.58. The van der Waals surface area contributed by atoms with Crippen LogP contribution in [0.15, 0.2) is 47.1 Å². The molecule has 0 saturated carbocycles. The third-order valence-corrected chi connectivity index (χ3v) is 3.30. The number of hydrogen-bond donors (Lipinski definition) is 0. The van der Waals surface area contributed by atoms with Crippen molar-refractivity contribution >= 4 is 28.5 Å². The van der Waals surface area contributed by atoms with E-state index in [1.807, 2.05) is 0 Å². The summed E-state index contributed by atoms with van der Waals surface area (Å²) in [6.45, 7) is 0.0764. The van der Waals surface area contributed by atoms with Crippen molar-refractivity contribution in [3.8, 4) is 5.75 Å². The van der Waals surface area contributed by atoms with Crippen LogP contribution in [0, 0.1) is 5.82 Å². The van der Waals surface area contributed by atoms with E-state index in [2.05, 4.69) is 4.98 Å². The maximum atomic E-state index is 13.2. The van der Waals surface area contributed by atoms with Crippen molar-refractivity contribution in [2.45, 2.75) is 0 Å². The van der Waals surface area contributed by atoms with Crippen molar-refractivity contribution < 1.29 is 23.1 Å². The summed E-state index contributed by atoms with van der Waals surface area (Å²) in [5.41, 5.74) is 0.555. The highest BCUT2D eigenvalue weighted by Gasteiger charge is 2.13. The summed E-state index contributed by atoms with van der Waals surface area (Å²) >= 11 is 5.57. The Labute approximate surface area is 135 Å². The van der Waals surface area contributed by atoms with Crippen LogP contribution in [0.2, 0.25) is 5.02 Å². The lowest BCUT2D eigenvalue weighted by Gasteiger charge is -2.07. The van der Waals surface area contributed by atoms with E-state index >= 15 is 0 Å². The Hall–Kier alpha value is -2.60. The average Bonchev–Trinajstić information content (AvgIpc) is 2.99. The number of ether oxygens (including phenoxy) is 2. The Bertz CT molecular complexity index is 816. The van der Waals surface area contributed by atoms with Crippen LogP contribution in [0.5, 0.6) is 5.75 Å². The zero-order valence-electron chi connectivity index (χ0n) is 11.8. The number of pyridine rings is 1. The number of nitrogens with zero attached hydrogens (tertiary/aromatic N) is 1. The number of esters is 1. The molecule has 23 heavy (non-hydrogen) atoms. The normalized spacial score (nSPS) is 10.7. The van der Waals surface area contributed by atoms with Crippen LogP contribution in [0.1, 0.15) is 10.6 Å².